The second-order valence-electron chi connectivity index (χ2n) is 6.98. The van der Waals surface area contributed by atoms with Crippen LogP contribution in [0.3, 0.4) is 0 Å². The molecule has 0 unspecified atom stereocenters. The molecule has 0 bridgehead atoms. The maximum Gasteiger partial charge on any atom is 0.253 e. The monoisotopic (exact) mass is 405 g/mol. The number of amides is 2. The molecule has 1 heterocycles. The van der Waals surface area contributed by atoms with Crippen LogP contribution in [0.15, 0.2) is 42.5 Å². The van der Waals surface area contributed by atoms with Crippen molar-refractivity contribution in [3.63, 3.8) is 0 Å². The van der Waals surface area contributed by atoms with Gasteiger partial charge in [0.25, 0.3) is 5.91 Å². The maximum atomic E-state index is 13.2. The molecule has 1 N–H and O–H groups in total. The van der Waals surface area contributed by atoms with Crippen LogP contribution in [-0.4, -0.2) is 54.3 Å². The third-order valence-electron chi connectivity index (χ3n) is 4.75. The van der Waals surface area contributed by atoms with Gasteiger partial charge in [-0.25, -0.2) is 13.2 Å². The Balaban J connectivity index is 1.48. The first kappa shape index (κ1) is 20.9. The molecular formula is C21H22F3N3O2. The number of hydrogen-bond donors (Lipinski definition) is 1. The van der Waals surface area contributed by atoms with Gasteiger partial charge in [0.2, 0.25) is 5.91 Å². The normalized spacial score (nSPS) is 15.1. The SMILES string of the molecule is O=C(CN1CCCN(C(=O)c2ccc(F)cc2)CC1)NCc1cc(F)cc(F)c1. The first-order valence-electron chi connectivity index (χ1n) is 9.39. The van der Waals surface area contributed by atoms with E-state index in [1.165, 1.54) is 36.4 Å². The van der Waals surface area contributed by atoms with Gasteiger partial charge in [0.1, 0.15) is 17.5 Å². The number of carbonyl (C=O) groups is 2. The average Bonchev–Trinajstić information content (AvgIpc) is 2.91. The van der Waals surface area contributed by atoms with Gasteiger partial charge in [-0.15, -0.1) is 0 Å². The molecule has 29 heavy (non-hydrogen) atoms. The number of nitrogens with zero attached hydrogens (tertiary/aromatic N) is 2. The highest BCUT2D eigenvalue weighted by Crippen LogP contribution is 2.11. The molecule has 0 spiro atoms. The van der Waals surface area contributed by atoms with E-state index in [1.54, 1.807) is 4.90 Å². The van der Waals surface area contributed by atoms with Gasteiger partial charge < -0.3 is 10.2 Å². The van der Waals surface area contributed by atoms with Gasteiger partial charge in [-0.2, -0.15) is 0 Å². The van der Waals surface area contributed by atoms with Crippen LogP contribution >= 0.6 is 0 Å². The molecule has 5 nitrogen and oxygen atoms in total. The van der Waals surface area contributed by atoms with E-state index in [2.05, 4.69) is 5.32 Å². The first-order chi connectivity index (χ1) is 13.9. The Morgan fingerprint density at radius 2 is 1.55 bits per heavy atom. The lowest BCUT2D eigenvalue weighted by Crippen LogP contribution is -2.39. The average molecular weight is 405 g/mol. The summed E-state index contributed by atoms with van der Waals surface area (Å²) >= 11 is 0. The van der Waals surface area contributed by atoms with E-state index < -0.39 is 17.5 Å². The van der Waals surface area contributed by atoms with Gasteiger partial charge in [0.15, 0.2) is 0 Å². The molecular weight excluding hydrogens is 383 g/mol. The van der Waals surface area contributed by atoms with E-state index in [1.807, 2.05) is 4.90 Å². The maximum absolute atomic E-state index is 13.2. The Kier molecular flexibility index (Phi) is 6.87. The van der Waals surface area contributed by atoms with Crippen molar-refractivity contribution >= 4 is 11.8 Å². The molecule has 0 atom stereocenters. The molecule has 2 amide bonds. The summed E-state index contributed by atoms with van der Waals surface area (Å²) < 4.78 is 39.4. The number of benzene rings is 2. The van der Waals surface area contributed by atoms with E-state index in [0.29, 0.717) is 43.7 Å². The molecule has 2 aromatic rings. The third kappa shape index (κ3) is 6.05. The van der Waals surface area contributed by atoms with Crippen LogP contribution in [0.4, 0.5) is 13.2 Å². The number of nitrogens with one attached hydrogen (secondary N) is 1. The molecule has 3 rings (SSSR count). The molecule has 154 valence electrons. The Morgan fingerprint density at radius 3 is 2.24 bits per heavy atom. The summed E-state index contributed by atoms with van der Waals surface area (Å²) in [5.41, 5.74) is 0.780. The highest BCUT2D eigenvalue weighted by Gasteiger charge is 2.21. The van der Waals surface area contributed by atoms with Crippen LogP contribution < -0.4 is 5.32 Å². The number of halogens is 3. The van der Waals surface area contributed by atoms with Gasteiger partial charge in [0.05, 0.1) is 6.54 Å². The third-order valence-corrected chi connectivity index (χ3v) is 4.75. The minimum atomic E-state index is -0.687. The molecule has 1 aliphatic rings. The van der Waals surface area contributed by atoms with Crippen LogP contribution in [0.5, 0.6) is 0 Å². The lowest BCUT2D eigenvalue weighted by molar-refractivity contribution is -0.122. The number of hydrogen-bond acceptors (Lipinski definition) is 3. The molecule has 1 fully saturated rings. The zero-order valence-corrected chi connectivity index (χ0v) is 15.8. The fraction of sp³-hybridized carbons (Fsp3) is 0.333. The van der Waals surface area contributed by atoms with Crippen molar-refractivity contribution in [3.8, 4) is 0 Å². The molecule has 0 radical (unpaired) electrons. The van der Waals surface area contributed by atoms with Gasteiger partial charge >= 0.3 is 0 Å². The summed E-state index contributed by atoms with van der Waals surface area (Å²) in [6, 6.07) is 8.56. The van der Waals surface area contributed by atoms with E-state index in [0.717, 1.165) is 6.07 Å². The summed E-state index contributed by atoms with van der Waals surface area (Å²) in [5.74, 6) is -2.19. The Hall–Kier alpha value is -2.87. The topological polar surface area (TPSA) is 52.7 Å². The van der Waals surface area contributed by atoms with E-state index >= 15 is 0 Å². The van der Waals surface area contributed by atoms with Gasteiger partial charge in [0, 0.05) is 44.4 Å². The van der Waals surface area contributed by atoms with Crippen molar-refractivity contribution in [2.24, 2.45) is 0 Å². The quantitative estimate of drug-likeness (QED) is 0.832. The van der Waals surface area contributed by atoms with Crippen molar-refractivity contribution in [1.29, 1.82) is 0 Å². The van der Waals surface area contributed by atoms with E-state index in [-0.39, 0.29) is 24.9 Å². The van der Waals surface area contributed by atoms with Crippen LogP contribution in [0.1, 0.15) is 22.3 Å². The van der Waals surface area contributed by atoms with E-state index in [4.69, 9.17) is 0 Å². The summed E-state index contributed by atoms with van der Waals surface area (Å²) in [7, 11) is 0. The fourth-order valence-electron chi connectivity index (χ4n) is 3.28. The predicted octanol–water partition coefficient (Wildman–Crippen LogP) is 2.57. The molecule has 0 aliphatic carbocycles. The predicted molar refractivity (Wildman–Crippen MR) is 102 cm³/mol. The largest absolute Gasteiger partial charge is 0.351 e. The highest BCUT2D eigenvalue weighted by molar-refractivity contribution is 5.94. The van der Waals surface area contributed by atoms with Crippen molar-refractivity contribution in [1.82, 2.24) is 15.1 Å². The Bertz CT molecular complexity index is 854. The first-order valence-corrected chi connectivity index (χ1v) is 9.39. The molecule has 8 heteroatoms. The van der Waals surface area contributed by atoms with Gasteiger partial charge in [-0.05, 0) is 48.4 Å². The second kappa shape index (κ2) is 9.56. The number of carbonyl (C=O) groups excluding carboxylic acids is 2. The Morgan fingerprint density at radius 1 is 0.862 bits per heavy atom. The van der Waals surface area contributed by atoms with Crippen molar-refractivity contribution in [2.45, 2.75) is 13.0 Å². The van der Waals surface area contributed by atoms with Crippen molar-refractivity contribution in [3.05, 3.63) is 71.0 Å². The minimum absolute atomic E-state index is 0.0382. The van der Waals surface area contributed by atoms with Crippen molar-refractivity contribution in [2.75, 3.05) is 32.7 Å². The van der Waals surface area contributed by atoms with Gasteiger partial charge in [-0.1, -0.05) is 0 Å². The van der Waals surface area contributed by atoms with Crippen LogP contribution in [-0.2, 0) is 11.3 Å². The van der Waals surface area contributed by atoms with Crippen LogP contribution in [0, 0.1) is 17.5 Å². The zero-order chi connectivity index (χ0) is 20.8. The fourth-order valence-corrected chi connectivity index (χ4v) is 3.28. The number of rotatable bonds is 5. The summed E-state index contributed by atoms with van der Waals surface area (Å²) in [4.78, 5) is 28.4. The lowest BCUT2D eigenvalue weighted by Gasteiger charge is -2.22. The molecule has 1 aliphatic heterocycles. The summed E-state index contributed by atoms with van der Waals surface area (Å²) in [5, 5.41) is 2.66. The smallest absolute Gasteiger partial charge is 0.253 e. The summed E-state index contributed by atoms with van der Waals surface area (Å²) in [6.07, 6.45) is 0.704. The molecule has 0 saturated carbocycles. The summed E-state index contributed by atoms with van der Waals surface area (Å²) in [6.45, 7) is 2.35. The van der Waals surface area contributed by atoms with E-state index in [9.17, 15) is 22.8 Å². The molecule has 2 aromatic carbocycles. The Labute approximate surface area is 167 Å². The van der Waals surface area contributed by atoms with Crippen molar-refractivity contribution < 1.29 is 22.8 Å². The van der Waals surface area contributed by atoms with Crippen LogP contribution in [0.25, 0.3) is 0 Å². The lowest BCUT2D eigenvalue weighted by atomic mass is 10.2. The molecule has 1 saturated heterocycles. The standard InChI is InChI=1S/C21H22F3N3O2/c22-17-4-2-16(3-5-17)21(29)27-7-1-6-26(8-9-27)14-20(28)25-13-15-10-18(23)12-19(24)11-15/h2-5,10-12H,1,6-9,13-14H2,(H,25,28). The van der Waals surface area contributed by atoms with Crippen LogP contribution in [0.2, 0.25) is 0 Å². The second-order valence-corrected chi connectivity index (χ2v) is 6.98. The zero-order valence-electron chi connectivity index (χ0n) is 15.8. The minimum Gasteiger partial charge on any atom is -0.351 e. The van der Waals surface area contributed by atoms with Gasteiger partial charge in [-0.3, -0.25) is 14.5 Å². The molecule has 0 aromatic heterocycles. The highest BCUT2D eigenvalue weighted by atomic mass is 19.1.